The van der Waals surface area contributed by atoms with Crippen LogP contribution in [0.15, 0.2) is 16.9 Å². The minimum Gasteiger partial charge on any atom is -0.385 e. The van der Waals surface area contributed by atoms with Crippen molar-refractivity contribution in [1.82, 2.24) is 19.7 Å². The lowest BCUT2D eigenvalue weighted by Gasteiger charge is -2.33. The van der Waals surface area contributed by atoms with Crippen molar-refractivity contribution in [2.24, 2.45) is 0 Å². The number of carbonyl (C=O) groups is 1. The molecule has 4 rings (SSSR count). The number of hydrogen-bond acceptors (Lipinski definition) is 4. The molecule has 0 aromatic carbocycles. The van der Waals surface area contributed by atoms with Crippen LogP contribution in [0.4, 0.5) is 28.0 Å². The molecule has 0 bridgehead atoms. The van der Waals surface area contributed by atoms with Crippen LogP contribution < -0.4 is 5.32 Å². The first-order chi connectivity index (χ1) is 14.5. The van der Waals surface area contributed by atoms with Crippen molar-refractivity contribution in [3.63, 3.8) is 0 Å². The molecule has 2 atom stereocenters. The van der Waals surface area contributed by atoms with Crippen LogP contribution in [0.3, 0.4) is 0 Å². The van der Waals surface area contributed by atoms with Crippen LogP contribution in [-0.2, 0) is 25.4 Å². The van der Waals surface area contributed by atoms with Crippen LogP contribution in [0, 0.1) is 5.82 Å². The lowest BCUT2D eigenvalue weighted by atomic mass is 9.94. The van der Waals surface area contributed by atoms with E-state index < -0.39 is 61.2 Å². The summed E-state index contributed by atoms with van der Waals surface area (Å²) in [6, 6.07) is 0.219. The highest BCUT2D eigenvalue weighted by molar-refractivity contribution is 9.10. The summed E-state index contributed by atoms with van der Waals surface area (Å²) in [5, 5.41) is 17.0. The maximum absolute atomic E-state index is 15.0. The zero-order chi connectivity index (χ0) is 22.6. The standard InChI is InChI=1S/C19H20BrF4N5O2/c1-10-6-13-11(7-28(10)17(30)26-12-2-5-25-16(20)14(12)22)15-19(23,24)4-3-18(31,8-21)9-29(15)27-13/h2,5,10,31H,3-4,6-9H2,1H3,(H,25,26,30)/t10-,18+/m1/s1. The molecule has 0 fully saturated rings. The fourth-order valence-corrected chi connectivity index (χ4v) is 4.40. The van der Waals surface area contributed by atoms with E-state index in [1.54, 1.807) is 6.92 Å². The van der Waals surface area contributed by atoms with Crippen LogP contribution >= 0.6 is 15.9 Å². The molecule has 2 amide bonds. The number of rotatable bonds is 2. The molecule has 2 aromatic heterocycles. The first kappa shape index (κ1) is 22.0. The van der Waals surface area contributed by atoms with Crippen LogP contribution in [0.5, 0.6) is 0 Å². The Hall–Kier alpha value is -2.21. The highest BCUT2D eigenvalue weighted by Crippen LogP contribution is 2.43. The van der Waals surface area contributed by atoms with Gasteiger partial charge in [0.1, 0.15) is 22.6 Å². The Kier molecular flexibility index (Phi) is 5.49. The van der Waals surface area contributed by atoms with Gasteiger partial charge in [-0.3, -0.25) is 4.68 Å². The average Bonchev–Trinajstić information content (AvgIpc) is 3.01. The highest BCUT2D eigenvalue weighted by Gasteiger charge is 2.48. The molecule has 0 saturated heterocycles. The zero-order valence-electron chi connectivity index (χ0n) is 16.5. The zero-order valence-corrected chi connectivity index (χ0v) is 18.1. The van der Waals surface area contributed by atoms with Crippen LogP contribution in [0.1, 0.15) is 36.7 Å². The summed E-state index contributed by atoms with van der Waals surface area (Å²) < 4.78 is 58.3. The third-order valence-electron chi connectivity index (χ3n) is 5.78. The first-order valence-electron chi connectivity index (χ1n) is 9.67. The molecular weight excluding hydrogens is 486 g/mol. The van der Waals surface area contributed by atoms with Crippen molar-refractivity contribution in [3.8, 4) is 0 Å². The van der Waals surface area contributed by atoms with E-state index in [9.17, 15) is 27.5 Å². The van der Waals surface area contributed by atoms with Crippen LogP contribution in [0.2, 0.25) is 0 Å². The summed E-state index contributed by atoms with van der Waals surface area (Å²) in [5.41, 5.74) is -1.87. The van der Waals surface area contributed by atoms with Crippen LogP contribution in [-0.4, -0.2) is 49.1 Å². The number of fused-ring (bicyclic) bond motifs is 3. The van der Waals surface area contributed by atoms with E-state index >= 15 is 0 Å². The van der Waals surface area contributed by atoms with Gasteiger partial charge in [-0.25, -0.2) is 18.6 Å². The fraction of sp³-hybridized carbons (Fsp3) is 0.526. The Bertz CT molecular complexity index is 1030. The smallest absolute Gasteiger partial charge is 0.322 e. The summed E-state index contributed by atoms with van der Waals surface area (Å²) in [6.07, 6.45) is 0.356. The summed E-state index contributed by atoms with van der Waals surface area (Å²) in [5.74, 6) is -4.09. The van der Waals surface area contributed by atoms with Crippen molar-refractivity contribution in [2.45, 2.75) is 56.8 Å². The average molecular weight is 506 g/mol. The third-order valence-corrected chi connectivity index (χ3v) is 6.33. The molecule has 0 radical (unpaired) electrons. The number of aromatic nitrogens is 3. The second-order valence-corrected chi connectivity index (χ2v) is 8.82. The highest BCUT2D eigenvalue weighted by atomic mass is 79.9. The van der Waals surface area contributed by atoms with Gasteiger partial charge in [0.15, 0.2) is 5.82 Å². The molecule has 0 spiro atoms. The summed E-state index contributed by atoms with van der Waals surface area (Å²) >= 11 is 2.94. The van der Waals surface area contributed by atoms with Gasteiger partial charge in [-0.15, -0.1) is 0 Å². The number of carbonyl (C=O) groups excluding carboxylic acids is 1. The van der Waals surface area contributed by atoms with E-state index in [-0.39, 0.29) is 28.8 Å². The van der Waals surface area contributed by atoms with Gasteiger partial charge in [-0.2, -0.15) is 13.9 Å². The monoisotopic (exact) mass is 505 g/mol. The normalized spacial score (nSPS) is 24.9. The second kappa shape index (κ2) is 7.73. The Morgan fingerprint density at radius 2 is 2.16 bits per heavy atom. The molecule has 31 heavy (non-hydrogen) atoms. The number of pyridine rings is 1. The molecular formula is C19H20BrF4N5O2. The minimum atomic E-state index is -3.34. The van der Waals surface area contributed by atoms with E-state index in [1.165, 1.54) is 17.2 Å². The van der Waals surface area contributed by atoms with Gasteiger partial charge in [0, 0.05) is 30.6 Å². The molecule has 0 unspecified atom stereocenters. The molecule has 2 aromatic rings. The number of aliphatic hydroxyl groups is 1. The molecule has 2 aliphatic rings. The van der Waals surface area contributed by atoms with Crippen molar-refractivity contribution in [1.29, 1.82) is 0 Å². The summed E-state index contributed by atoms with van der Waals surface area (Å²) in [6.45, 7) is 0.000415. The third kappa shape index (κ3) is 3.91. The Labute approximate surface area is 183 Å². The Morgan fingerprint density at radius 1 is 1.42 bits per heavy atom. The Morgan fingerprint density at radius 3 is 2.87 bits per heavy atom. The minimum absolute atomic E-state index is 0.0683. The van der Waals surface area contributed by atoms with Crippen molar-refractivity contribution < 1.29 is 27.5 Å². The number of halogens is 5. The predicted octanol–water partition coefficient (Wildman–Crippen LogP) is 3.74. The maximum Gasteiger partial charge on any atom is 0.322 e. The lowest BCUT2D eigenvalue weighted by Crippen LogP contribution is -2.45. The van der Waals surface area contributed by atoms with Gasteiger partial charge in [-0.1, -0.05) is 0 Å². The van der Waals surface area contributed by atoms with Gasteiger partial charge >= 0.3 is 6.03 Å². The predicted molar refractivity (Wildman–Crippen MR) is 106 cm³/mol. The van der Waals surface area contributed by atoms with Gasteiger partial charge in [-0.05, 0) is 35.3 Å². The molecule has 12 heteroatoms. The summed E-state index contributed by atoms with van der Waals surface area (Å²) in [4.78, 5) is 17.9. The van der Waals surface area contributed by atoms with Gasteiger partial charge in [0.25, 0.3) is 5.92 Å². The number of anilines is 1. The first-order valence-corrected chi connectivity index (χ1v) is 10.5. The molecule has 0 aliphatic carbocycles. The van der Waals surface area contributed by atoms with Crippen molar-refractivity contribution >= 4 is 27.6 Å². The number of urea groups is 1. The number of nitrogens with one attached hydrogen (secondary N) is 1. The molecule has 7 nitrogen and oxygen atoms in total. The maximum atomic E-state index is 15.0. The summed E-state index contributed by atoms with van der Waals surface area (Å²) in [7, 11) is 0. The van der Waals surface area contributed by atoms with Crippen molar-refractivity contribution in [2.75, 3.05) is 12.0 Å². The fourth-order valence-electron chi connectivity index (χ4n) is 4.07. The topological polar surface area (TPSA) is 83.3 Å². The van der Waals surface area contributed by atoms with Crippen molar-refractivity contribution in [3.05, 3.63) is 39.6 Å². The molecule has 2 N–H and O–H groups in total. The number of hydrogen-bond donors (Lipinski definition) is 2. The SMILES string of the molecule is C[C@@H]1Cc2nn3c(c2CN1C(=O)Nc1ccnc(Br)c1F)C(F)(F)CC[C@](O)(CF)C3. The van der Waals surface area contributed by atoms with E-state index in [4.69, 9.17) is 0 Å². The molecule has 0 saturated carbocycles. The number of alkyl halides is 3. The van der Waals surface area contributed by atoms with E-state index in [0.29, 0.717) is 5.69 Å². The molecule has 2 aliphatic heterocycles. The lowest BCUT2D eigenvalue weighted by molar-refractivity contribution is -0.0474. The van der Waals surface area contributed by atoms with E-state index in [1.807, 2.05) is 0 Å². The molecule has 168 valence electrons. The quantitative estimate of drug-likeness (QED) is 0.481. The molecule has 4 heterocycles. The largest absolute Gasteiger partial charge is 0.385 e. The van der Waals surface area contributed by atoms with Gasteiger partial charge < -0.3 is 15.3 Å². The number of nitrogens with zero attached hydrogens (tertiary/aromatic N) is 4. The number of amides is 2. The van der Waals surface area contributed by atoms with E-state index in [2.05, 4.69) is 31.3 Å². The second-order valence-electron chi connectivity index (χ2n) is 8.07. The van der Waals surface area contributed by atoms with Crippen LogP contribution in [0.25, 0.3) is 0 Å². The van der Waals surface area contributed by atoms with E-state index in [0.717, 1.165) is 4.68 Å². The van der Waals surface area contributed by atoms with Gasteiger partial charge in [0.2, 0.25) is 0 Å². The van der Waals surface area contributed by atoms with Gasteiger partial charge in [0.05, 0.1) is 24.5 Å². The Balaban J connectivity index is 1.66.